The second kappa shape index (κ2) is 3.39. The third-order valence-electron chi connectivity index (χ3n) is 1.77. The molecule has 0 saturated carbocycles. The van der Waals surface area contributed by atoms with Crippen LogP contribution in [0.5, 0.6) is 5.75 Å². The summed E-state index contributed by atoms with van der Waals surface area (Å²) >= 11 is 0. The first-order valence-corrected chi connectivity index (χ1v) is 3.55. The molecule has 0 unspecified atom stereocenters. The Balaban J connectivity index is 2.96. The maximum absolute atomic E-state index is 8.51. The Bertz CT molecular complexity index is 243. The number of ether oxygens (including phenoxy) is 1. The number of benzene rings is 1. The average Bonchev–Trinajstić information content (AvgIpc) is 1.99. The van der Waals surface area contributed by atoms with Crippen LogP contribution in [0.1, 0.15) is 11.1 Å². The van der Waals surface area contributed by atoms with Crippen LogP contribution in [-0.2, 0) is 0 Å². The molecule has 0 fully saturated rings. The molecule has 1 rings (SSSR count). The van der Waals surface area contributed by atoms with Gasteiger partial charge in [-0.15, -0.1) is 0 Å². The Kier molecular flexibility index (Phi) is 2.49. The molecule has 0 aromatic heterocycles. The molecule has 0 amide bonds. The van der Waals surface area contributed by atoms with Gasteiger partial charge in [-0.25, -0.2) is 0 Å². The lowest BCUT2D eigenvalue weighted by Gasteiger charge is -2.07. The first kappa shape index (κ1) is 8.08. The van der Waals surface area contributed by atoms with E-state index in [4.69, 9.17) is 9.84 Å². The van der Waals surface area contributed by atoms with E-state index in [0.29, 0.717) is 0 Å². The quantitative estimate of drug-likeness (QED) is 0.653. The Morgan fingerprint density at radius 1 is 1.36 bits per heavy atom. The van der Waals surface area contributed by atoms with Crippen LogP contribution in [0.25, 0.3) is 0 Å². The third kappa shape index (κ3) is 1.71. The molecule has 60 valence electrons. The molecule has 0 aliphatic rings. The fraction of sp³-hybridized carbons (Fsp3) is 0.333. The van der Waals surface area contributed by atoms with Crippen LogP contribution in [0.15, 0.2) is 18.2 Å². The van der Waals surface area contributed by atoms with Gasteiger partial charge in [0.25, 0.3) is 0 Å². The smallest absolute Gasteiger partial charge is 0.186 e. The first-order valence-electron chi connectivity index (χ1n) is 3.55. The van der Waals surface area contributed by atoms with E-state index < -0.39 is 0 Å². The minimum Gasteiger partial charge on any atom is -0.467 e. The number of aliphatic hydroxyl groups excluding tert-OH is 1. The van der Waals surface area contributed by atoms with Crippen molar-refractivity contribution in [2.45, 2.75) is 13.8 Å². The van der Waals surface area contributed by atoms with Gasteiger partial charge in [0, 0.05) is 0 Å². The summed E-state index contributed by atoms with van der Waals surface area (Å²) < 4.78 is 4.97. The largest absolute Gasteiger partial charge is 0.467 e. The number of aliphatic hydroxyl groups is 1. The predicted octanol–water partition coefficient (Wildman–Crippen LogP) is 1.63. The summed E-state index contributed by atoms with van der Waals surface area (Å²) in [5.41, 5.74) is 2.26. The van der Waals surface area contributed by atoms with E-state index in [1.165, 1.54) is 5.56 Å². The van der Waals surface area contributed by atoms with Crippen molar-refractivity contribution in [1.29, 1.82) is 0 Å². The normalized spacial score (nSPS) is 9.73. The maximum Gasteiger partial charge on any atom is 0.186 e. The van der Waals surface area contributed by atoms with Gasteiger partial charge in [-0.2, -0.15) is 0 Å². The van der Waals surface area contributed by atoms with E-state index in [-0.39, 0.29) is 6.79 Å². The Morgan fingerprint density at radius 2 is 2.09 bits per heavy atom. The van der Waals surface area contributed by atoms with Gasteiger partial charge < -0.3 is 9.84 Å². The topological polar surface area (TPSA) is 29.5 Å². The molecule has 0 aliphatic carbocycles. The summed E-state index contributed by atoms with van der Waals surface area (Å²) in [6, 6.07) is 5.77. The van der Waals surface area contributed by atoms with Crippen LogP contribution < -0.4 is 4.74 Å². The van der Waals surface area contributed by atoms with Gasteiger partial charge in [0.15, 0.2) is 6.79 Å². The molecule has 0 bridgehead atoms. The molecule has 2 heteroatoms. The standard InChI is InChI=1S/C9H12O2/c1-7-4-3-5-9(8(7)2)11-6-10/h3-5,10H,6H2,1-2H3. The van der Waals surface area contributed by atoms with Crippen molar-refractivity contribution in [3.63, 3.8) is 0 Å². The molecular weight excluding hydrogens is 140 g/mol. The van der Waals surface area contributed by atoms with Crippen LogP contribution in [-0.4, -0.2) is 11.9 Å². The van der Waals surface area contributed by atoms with E-state index in [2.05, 4.69) is 0 Å². The highest BCUT2D eigenvalue weighted by Gasteiger charge is 1.99. The highest BCUT2D eigenvalue weighted by atomic mass is 16.6. The molecule has 1 aromatic rings. The lowest BCUT2D eigenvalue weighted by molar-refractivity contribution is 0.0978. The van der Waals surface area contributed by atoms with Gasteiger partial charge in [-0.3, -0.25) is 0 Å². The molecule has 0 radical (unpaired) electrons. The first-order chi connectivity index (χ1) is 5.25. The van der Waals surface area contributed by atoms with E-state index in [0.717, 1.165) is 11.3 Å². The van der Waals surface area contributed by atoms with Gasteiger partial charge in [-0.05, 0) is 31.0 Å². The third-order valence-corrected chi connectivity index (χ3v) is 1.77. The van der Waals surface area contributed by atoms with Crippen molar-refractivity contribution in [3.8, 4) is 5.75 Å². The summed E-state index contributed by atoms with van der Waals surface area (Å²) in [6.07, 6.45) is 0. The molecule has 2 nitrogen and oxygen atoms in total. The Labute approximate surface area is 66.4 Å². The highest BCUT2D eigenvalue weighted by molar-refractivity contribution is 5.38. The van der Waals surface area contributed by atoms with Crippen molar-refractivity contribution in [2.75, 3.05) is 6.79 Å². The van der Waals surface area contributed by atoms with Crippen LogP contribution in [0, 0.1) is 13.8 Å². The fourth-order valence-corrected chi connectivity index (χ4v) is 0.950. The van der Waals surface area contributed by atoms with Gasteiger partial charge >= 0.3 is 0 Å². The highest BCUT2D eigenvalue weighted by Crippen LogP contribution is 2.19. The molecule has 0 heterocycles. The zero-order valence-electron chi connectivity index (χ0n) is 6.79. The van der Waals surface area contributed by atoms with Crippen LogP contribution in [0.4, 0.5) is 0 Å². The van der Waals surface area contributed by atoms with Crippen molar-refractivity contribution in [1.82, 2.24) is 0 Å². The zero-order chi connectivity index (χ0) is 8.27. The monoisotopic (exact) mass is 152 g/mol. The molecule has 11 heavy (non-hydrogen) atoms. The minimum absolute atomic E-state index is 0.260. The van der Waals surface area contributed by atoms with Crippen molar-refractivity contribution in [2.24, 2.45) is 0 Å². The lowest BCUT2D eigenvalue weighted by atomic mass is 10.1. The van der Waals surface area contributed by atoms with Crippen LogP contribution in [0.3, 0.4) is 0 Å². The molecule has 1 aromatic carbocycles. The molecule has 0 aliphatic heterocycles. The molecule has 0 saturated heterocycles. The van der Waals surface area contributed by atoms with Gasteiger partial charge in [0.2, 0.25) is 0 Å². The number of hydrogen-bond acceptors (Lipinski definition) is 2. The summed E-state index contributed by atoms with van der Waals surface area (Å²) in [5.74, 6) is 0.757. The Hall–Kier alpha value is -1.02. The maximum atomic E-state index is 8.51. The number of hydrogen-bond donors (Lipinski definition) is 1. The zero-order valence-corrected chi connectivity index (χ0v) is 6.79. The Morgan fingerprint density at radius 3 is 2.73 bits per heavy atom. The lowest BCUT2D eigenvalue weighted by Crippen LogP contribution is -1.97. The summed E-state index contributed by atoms with van der Waals surface area (Å²) in [7, 11) is 0. The van der Waals surface area contributed by atoms with Gasteiger partial charge in [0.05, 0.1) is 0 Å². The van der Waals surface area contributed by atoms with Crippen molar-refractivity contribution < 1.29 is 9.84 Å². The second-order valence-corrected chi connectivity index (χ2v) is 2.47. The minimum atomic E-state index is -0.260. The summed E-state index contributed by atoms with van der Waals surface area (Å²) in [5, 5.41) is 8.51. The van der Waals surface area contributed by atoms with Crippen LogP contribution in [0.2, 0.25) is 0 Å². The predicted molar refractivity (Wildman–Crippen MR) is 43.6 cm³/mol. The number of aryl methyl sites for hydroxylation is 1. The van der Waals surface area contributed by atoms with E-state index >= 15 is 0 Å². The molecular formula is C9H12O2. The molecule has 0 spiro atoms. The summed E-state index contributed by atoms with van der Waals surface area (Å²) in [4.78, 5) is 0. The van der Waals surface area contributed by atoms with E-state index in [9.17, 15) is 0 Å². The molecule has 0 atom stereocenters. The molecule has 1 N–H and O–H groups in total. The average molecular weight is 152 g/mol. The van der Waals surface area contributed by atoms with E-state index in [1.807, 2.05) is 32.0 Å². The van der Waals surface area contributed by atoms with Crippen LogP contribution >= 0.6 is 0 Å². The van der Waals surface area contributed by atoms with E-state index in [1.54, 1.807) is 0 Å². The van der Waals surface area contributed by atoms with Gasteiger partial charge in [-0.1, -0.05) is 12.1 Å². The van der Waals surface area contributed by atoms with Gasteiger partial charge in [0.1, 0.15) is 5.75 Å². The second-order valence-electron chi connectivity index (χ2n) is 2.47. The SMILES string of the molecule is Cc1cccc(OCO)c1C. The summed E-state index contributed by atoms with van der Waals surface area (Å²) in [6.45, 7) is 3.73. The fourth-order valence-electron chi connectivity index (χ4n) is 0.950. The van der Waals surface area contributed by atoms with Crippen molar-refractivity contribution >= 4 is 0 Å². The number of rotatable bonds is 2. The van der Waals surface area contributed by atoms with Crippen molar-refractivity contribution in [3.05, 3.63) is 29.3 Å².